The Kier molecular flexibility index (Phi) is 5.15. The SMILES string of the molecule is CN(CC(=O)N1CCNCC1)C(=O)C1CCOCC1. The van der Waals surface area contributed by atoms with Gasteiger partial charge >= 0.3 is 0 Å². The third-order valence-corrected chi connectivity index (χ3v) is 3.79. The molecule has 2 heterocycles. The summed E-state index contributed by atoms with van der Waals surface area (Å²) in [6.07, 6.45) is 1.54. The average Bonchev–Trinajstić information content (AvgIpc) is 2.48. The molecule has 0 radical (unpaired) electrons. The molecule has 0 aromatic rings. The molecule has 1 N–H and O–H groups in total. The molecular weight excluding hydrogens is 246 g/mol. The van der Waals surface area contributed by atoms with Crippen molar-refractivity contribution in [3.8, 4) is 0 Å². The van der Waals surface area contributed by atoms with Crippen LogP contribution in [0.5, 0.6) is 0 Å². The van der Waals surface area contributed by atoms with Gasteiger partial charge in [0.1, 0.15) is 0 Å². The van der Waals surface area contributed by atoms with Gasteiger partial charge in [0.25, 0.3) is 0 Å². The number of rotatable bonds is 3. The summed E-state index contributed by atoms with van der Waals surface area (Å²) in [7, 11) is 1.72. The topological polar surface area (TPSA) is 61.9 Å². The minimum atomic E-state index is 0.0228. The fourth-order valence-corrected chi connectivity index (χ4v) is 2.55. The number of ether oxygens (including phenoxy) is 1. The highest BCUT2D eigenvalue weighted by Crippen LogP contribution is 2.17. The Bertz CT molecular complexity index is 323. The molecule has 0 spiro atoms. The molecule has 6 nitrogen and oxygen atoms in total. The number of likely N-dealkylation sites (N-methyl/N-ethyl adjacent to an activating group) is 1. The third-order valence-electron chi connectivity index (χ3n) is 3.79. The summed E-state index contributed by atoms with van der Waals surface area (Å²) in [5.41, 5.74) is 0. The van der Waals surface area contributed by atoms with E-state index in [2.05, 4.69) is 5.32 Å². The summed E-state index contributed by atoms with van der Waals surface area (Å²) in [5, 5.41) is 3.21. The lowest BCUT2D eigenvalue weighted by Gasteiger charge is -2.31. The maximum absolute atomic E-state index is 12.2. The zero-order valence-corrected chi connectivity index (χ0v) is 11.6. The zero-order chi connectivity index (χ0) is 13.7. The second-order valence-electron chi connectivity index (χ2n) is 5.21. The van der Waals surface area contributed by atoms with Crippen molar-refractivity contribution in [1.29, 1.82) is 0 Å². The lowest BCUT2D eigenvalue weighted by atomic mass is 9.99. The van der Waals surface area contributed by atoms with Gasteiger partial charge in [-0.2, -0.15) is 0 Å². The van der Waals surface area contributed by atoms with Gasteiger partial charge in [0.05, 0.1) is 6.54 Å². The summed E-state index contributed by atoms with van der Waals surface area (Å²) in [5.74, 6) is 0.144. The molecule has 0 saturated carbocycles. The first-order valence-corrected chi connectivity index (χ1v) is 6.99. The number of nitrogens with zero attached hydrogens (tertiary/aromatic N) is 2. The van der Waals surface area contributed by atoms with Gasteiger partial charge in [-0.1, -0.05) is 0 Å². The summed E-state index contributed by atoms with van der Waals surface area (Å²) in [6, 6.07) is 0. The predicted octanol–water partition coefficient (Wildman–Crippen LogP) is -0.697. The molecule has 6 heteroatoms. The van der Waals surface area contributed by atoms with Crippen LogP contribution in [0.4, 0.5) is 0 Å². The van der Waals surface area contributed by atoms with Crippen LogP contribution in [0.15, 0.2) is 0 Å². The molecule has 2 amide bonds. The molecule has 2 saturated heterocycles. The monoisotopic (exact) mass is 269 g/mol. The highest BCUT2D eigenvalue weighted by Gasteiger charge is 2.26. The van der Waals surface area contributed by atoms with Gasteiger partial charge in [-0.05, 0) is 12.8 Å². The van der Waals surface area contributed by atoms with Crippen LogP contribution >= 0.6 is 0 Å². The Morgan fingerprint density at radius 3 is 2.53 bits per heavy atom. The normalized spacial score (nSPS) is 21.2. The molecule has 0 aromatic heterocycles. The molecule has 0 unspecified atom stereocenters. The smallest absolute Gasteiger partial charge is 0.242 e. The number of hydrogen-bond donors (Lipinski definition) is 1. The second kappa shape index (κ2) is 6.86. The second-order valence-corrected chi connectivity index (χ2v) is 5.21. The Labute approximate surface area is 114 Å². The largest absolute Gasteiger partial charge is 0.381 e. The van der Waals surface area contributed by atoms with Crippen LogP contribution in [0.3, 0.4) is 0 Å². The Morgan fingerprint density at radius 1 is 1.26 bits per heavy atom. The summed E-state index contributed by atoms with van der Waals surface area (Å²) >= 11 is 0. The molecular formula is C13H23N3O3. The summed E-state index contributed by atoms with van der Waals surface area (Å²) in [6.45, 7) is 4.63. The maximum atomic E-state index is 12.2. The van der Waals surface area contributed by atoms with E-state index in [4.69, 9.17) is 4.74 Å². The van der Waals surface area contributed by atoms with Crippen molar-refractivity contribution in [2.75, 3.05) is 53.0 Å². The van der Waals surface area contributed by atoms with Gasteiger partial charge in [0, 0.05) is 52.4 Å². The van der Waals surface area contributed by atoms with E-state index in [1.807, 2.05) is 4.90 Å². The van der Waals surface area contributed by atoms with Crippen LogP contribution in [-0.2, 0) is 14.3 Å². The lowest BCUT2D eigenvalue weighted by Crippen LogP contribution is -2.50. The van der Waals surface area contributed by atoms with E-state index >= 15 is 0 Å². The molecule has 19 heavy (non-hydrogen) atoms. The van der Waals surface area contributed by atoms with E-state index in [0.717, 1.165) is 39.0 Å². The first-order chi connectivity index (χ1) is 9.18. The van der Waals surface area contributed by atoms with Crippen LogP contribution in [0.2, 0.25) is 0 Å². The molecule has 2 rings (SSSR count). The van der Waals surface area contributed by atoms with Gasteiger partial charge in [0.2, 0.25) is 11.8 Å². The minimum absolute atomic E-state index is 0.0228. The van der Waals surface area contributed by atoms with Crippen molar-refractivity contribution < 1.29 is 14.3 Å². The third kappa shape index (κ3) is 3.91. The highest BCUT2D eigenvalue weighted by atomic mass is 16.5. The van der Waals surface area contributed by atoms with Gasteiger partial charge in [-0.15, -0.1) is 0 Å². The van der Waals surface area contributed by atoms with Crippen molar-refractivity contribution >= 4 is 11.8 Å². The predicted molar refractivity (Wildman–Crippen MR) is 70.6 cm³/mol. The fourth-order valence-electron chi connectivity index (χ4n) is 2.55. The number of hydrogen-bond acceptors (Lipinski definition) is 4. The lowest BCUT2D eigenvalue weighted by molar-refractivity contribution is -0.143. The first kappa shape index (κ1) is 14.3. The Hall–Kier alpha value is -1.14. The highest BCUT2D eigenvalue weighted by molar-refractivity contribution is 5.85. The fraction of sp³-hybridized carbons (Fsp3) is 0.846. The maximum Gasteiger partial charge on any atom is 0.242 e. The van der Waals surface area contributed by atoms with Gasteiger partial charge < -0.3 is 19.9 Å². The van der Waals surface area contributed by atoms with Gasteiger partial charge in [-0.25, -0.2) is 0 Å². The average molecular weight is 269 g/mol. The van der Waals surface area contributed by atoms with E-state index in [1.165, 1.54) is 0 Å². The standard InChI is InChI=1S/C13H23N3O3/c1-15(13(18)11-2-8-19-9-3-11)10-12(17)16-6-4-14-5-7-16/h11,14H,2-10H2,1H3. The molecule has 0 bridgehead atoms. The van der Waals surface area contributed by atoms with Crippen molar-refractivity contribution in [3.63, 3.8) is 0 Å². The van der Waals surface area contributed by atoms with Crippen LogP contribution < -0.4 is 5.32 Å². The molecule has 2 fully saturated rings. The number of carbonyl (C=O) groups is 2. The Balaban J connectivity index is 1.80. The molecule has 0 aliphatic carbocycles. The Morgan fingerprint density at radius 2 is 1.89 bits per heavy atom. The quantitative estimate of drug-likeness (QED) is 0.736. The molecule has 0 atom stereocenters. The minimum Gasteiger partial charge on any atom is -0.381 e. The molecule has 2 aliphatic rings. The molecule has 0 aromatic carbocycles. The van der Waals surface area contributed by atoms with Gasteiger partial charge in [0.15, 0.2) is 0 Å². The van der Waals surface area contributed by atoms with Crippen LogP contribution in [0.1, 0.15) is 12.8 Å². The zero-order valence-electron chi connectivity index (χ0n) is 11.6. The first-order valence-electron chi connectivity index (χ1n) is 6.99. The van der Waals surface area contributed by atoms with E-state index < -0.39 is 0 Å². The van der Waals surface area contributed by atoms with Crippen molar-refractivity contribution in [3.05, 3.63) is 0 Å². The van der Waals surface area contributed by atoms with Gasteiger partial charge in [-0.3, -0.25) is 9.59 Å². The van der Waals surface area contributed by atoms with E-state index in [1.54, 1.807) is 11.9 Å². The van der Waals surface area contributed by atoms with Crippen LogP contribution in [0.25, 0.3) is 0 Å². The molecule has 108 valence electrons. The summed E-state index contributed by atoms with van der Waals surface area (Å²) in [4.78, 5) is 27.7. The number of nitrogens with one attached hydrogen (secondary N) is 1. The number of amides is 2. The number of carbonyl (C=O) groups excluding carboxylic acids is 2. The van der Waals surface area contributed by atoms with Crippen molar-refractivity contribution in [1.82, 2.24) is 15.1 Å². The summed E-state index contributed by atoms with van der Waals surface area (Å²) < 4.78 is 5.25. The van der Waals surface area contributed by atoms with Crippen molar-refractivity contribution in [2.45, 2.75) is 12.8 Å². The van der Waals surface area contributed by atoms with E-state index in [9.17, 15) is 9.59 Å². The van der Waals surface area contributed by atoms with E-state index in [0.29, 0.717) is 13.2 Å². The van der Waals surface area contributed by atoms with Crippen molar-refractivity contribution in [2.24, 2.45) is 5.92 Å². The molecule has 2 aliphatic heterocycles. The van der Waals surface area contributed by atoms with Crippen LogP contribution in [0, 0.1) is 5.92 Å². The van der Waals surface area contributed by atoms with E-state index in [-0.39, 0.29) is 24.3 Å². The van der Waals surface area contributed by atoms with Crippen LogP contribution in [-0.4, -0.2) is 74.6 Å². The number of piperazine rings is 1.